The van der Waals surface area contributed by atoms with E-state index in [0.29, 0.717) is 27.8 Å². The van der Waals surface area contributed by atoms with E-state index in [2.05, 4.69) is 11.4 Å². The summed E-state index contributed by atoms with van der Waals surface area (Å²) in [6.07, 6.45) is 0.330. The van der Waals surface area contributed by atoms with Crippen LogP contribution in [0, 0.1) is 20.8 Å². The molecule has 0 saturated heterocycles. The Labute approximate surface area is 217 Å². The summed E-state index contributed by atoms with van der Waals surface area (Å²) in [7, 11) is 1.56. The Kier molecular flexibility index (Phi) is 9.19. The molecular formula is C28H30Cl2N2O3. The second-order valence-electron chi connectivity index (χ2n) is 8.54. The number of carbonyl (C=O) groups excluding carboxylic acids is 2. The molecule has 0 bridgehead atoms. The summed E-state index contributed by atoms with van der Waals surface area (Å²) in [5, 5.41) is 3.55. The van der Waals surface area contributed by atoms with Crippen LogP contribution in [0.1, 0.15) is 27.8 Å². The van der Waals surface area contributed by atoms with Crippen LogP contribution in [-0.4, -0.2) is 36.4 Å². The van der Waals surface area contributed by atoms with E-state index in [4.69, 9.17) is 27.9 Å². The molecule has 1 atom stereocenters. The Bertz CT molecular complexity index is 1180. The molecule has 0 aliphatic rings. The van der Waals surface area contributed by atoms with Crippen molar-refractivity contribution in [1.82, 2.24) is 10.2 Å². The van der Waals surface area contributed by atoms with Gasteiger partial charge in [-0.2, -0.15) is 0 Å². The molecule has 0 saturated carbocycles. The summed E-state index contributed by atoms with van der Waals surface area (Å²) in [5.41, 5.74) is 4.60. The van der Waals surface area contributed by atoms with E-state index in [1.54, 1.807) is 25.2 Å². The van der Waals surface area contributed by atoms with Gasteiger partial charge < -0.3 is 15.0 Å². The van der Waals surface area contributed by atoms with Crippen LogP contribution in [0.15, 0.2) is 60.7 Å². The summed E-state index contributed by atoms with van der Waals surface area (Å²) in [6.45, 7) is 5.78. The van der Waals surface area contributed by atoms with Gasteiger partial charge in [-0.25, -0.2) is 0 Å². The molecule has 7 heteroatoms. The Morgan fingerprint density at radius 1 is 0.971 bits per heavy atom. The molecular weight excluding hydrogens is 483 g/mol. The molecule has 35 heavy (non-hydrogen) atoms. The maximum atomic E-state index is 13.6. The van der Waals surface area contributed by atoms with Gasteiger partial charge in [-0.05, 0) is 61.2 Å². The van der Waals surface area contributed by atoms with Gasteiger partial charge in [-0.1, -0.05) is 65.7 Å². The highest BCUT2D eigenvalue weighted by atomic mass is 35.5. The minimum absolute atomic E-state index is 0.0669. The lowest BCUT2D eigenvalue weighted by Gasteiger charge is -2.31. The van der Waals surface area contributed by atoms with Crippen molar-refractivity contribution in [3.05, 3.63) is 98.5 Å². The lowest BCUT2D eigenvalue weighted by Crippen LogP contribution is -2.51. The van der Waals surface area contributed by atoms with E-state index in [1.165, 1.54) is 4.90 Å². The molecule has 3 aromatic carbocycles. The van der Waals surface area contributed by atoms with Crippen molar-refractivity contribution in [1.29, 1.82) is 0 Å². The number of nitrogens with zero attached hydrogens (tertiary/aromatic N) is 1. The highest BCUT2D eigenvalue weighted by Gasteiger charge is 2.31. The van der Waals surface area contributed by atoms with Gasteiger partial charge in [-0.15, -0.1) is 0 Å². The number of amides is 2. The van der Waals surface area contributed by atoms with E-state index in [1.807, 2.05) is 57.2 Å². The predicted molar refractivity (Wildman–Crippen MR) is 141 cm³/mol. The zero-order chi connectivity index (χ0) is 25.5. The number of ether oxygens (including phenoxy) is 1. The monoisotopic (exact) mass is 512 g/mol. The number of benzene rings is 3. The fourth-order valence-electron chi connectivity index (χ4n) is 3.95. The summed E-state index contributed by atoms with van der Waals surface area (Å²) in [4.78, 5) is 28.1. The van der Waals surface area contributed by atoms with Gasteiger partial charge in [0.05, 0.1) is 0 Å². The summed E-state index contributed by atoms with van der Waals surface area (Å²) >= 11 is 12.9. The van der Waals surface area contributed by atoms with Gasteiger partial charge in [0.1, 0.15) is 11.8 Å². The molecule has 0 fully saturated rings. The highest BCUT2D eigenvalue weighted by molar-refractivity contribution is 6.36. The molecule has 0 spiro atoms. The molecule has 0 heterocycles. The van der Waals surface area contributed by atoms with Crippen LogP contribution < -0.4 is 10.1 Å². The quantitative estimate of drug-likeness (QED) is 0.400. The summed E-state index contributed by atoms with van der Waals surface area (Å²) in [6, 6.07) is 17.9. The van der Waals surface area contributed by atoms with Crippen LogP contribution in [-0.2, 0) is 22.6 Å². The second kappa shape index (κ2) is 12.1. The Morgan fingerprint density at radius 2 is 1.63 bits per heavy atom. The Morgan fingerprint density at radius 3 is 2.26 bits per heavy atom. The molecule has 1 N–H and O–H groups in total. The van der Waals surface area contributed by atoms with E-state index in [0.717, 1.165) is 22.3 Å². The molecule has 5 nitrogen and oxygen atoms in total. The Hall–Kier alpha value is -3.02. The number of nitrogens with one attached hydrogen (secondary N) is 1. The van der Waals surface area contributed by atoms with Crippen LogP contribution >= 0.6 is 23.2 Å². The van der Waals surface area contributed by atoms with Gasteiger partial charge in [0, 0.05) is 35.6 Å². The van der Waals surface area contributed by atoms with E-state index >= 15 is 0 Å². The minimum Gasteiger partial charge on any atom is -0.483 e. The number of carbonyl (C=O) groups is 2. The standard InChI is InChI=1S/C28H30Cl2N2O3/c1-18-13-19(2)20(3)26(14-18)35-17-27(33)32(16-22-23(29)11-8-12-24(22)30)25(28(34)31-4)15-21-9-6-5-7-10-21/h5-14,25H,15-17H2,1-4H3,(H,31,34). The summed E-state index contributed by atoms with van der Waals surface area (Å²) < 4.78 is 5.96. The first-order valence-electron chi connectivity index (χ1n) is 11.4. The Balaban J connectivity index is 1.95. The minimum atomic E-state index is -0.786. The molecule has 3 rings (SSSR count). The van der Waals surface area contributed by atoms with Gasteiger partial charge in [0.15, 0.2) is 6.61 Å². The van der Waals surface area contributed by atoms with Crippen LogP contribution in [0.4, 0.5) is 0 Å². The van der Waals surface area contributed by atoms with Crippen molar-refractivity contribution >= 4 is 35.0 Å². The number of likely N-dealkylation sites (N-methyl/N-ethyl adjacent to an activating group) is 1. The topological polar surface area (TPSA) is 58.6 Å². The third kappa shape index (κ3) is 6.77. The smallest absolute Gasteiger partial charge is 0.261 e. The van der Waals surface area contributed by atoms with Crippen molar-refractivity contribution in [2.75, 3.05) is 13.7 Å². The van der Waals surface area contributed by atoms with Crippen molar-refractivity contribution < 1.29 is 14.3 Å². The highest BCUT2D eigenvalue weighted by Crippen LogP contribution is 2.28. The van der Waals surface area contributed by atoms with Gasteiger partial charge in [0.2, 0.25) is 5.91 Å². The third-order valence-corrected chi connectivity index (χ3v) is 6.73. The third-order valence-electron chi connectivity index (χ3n) is 6.02. The van der Waals surface area contributed by atoms with Crippen LogP contribution in [0.2, 0.25) is 10.0 Å². The van der Waals surface area contributed by atoms with Crippen molar-refractivity contribution in [3.63, 3.8) is 0 Å². The fraction of sp³-hybridized carbons (Fsp3) is 0.286. The average Bonchev–Trinajstić information content (AvgIpc) is 2.84. The lowest BCUT2D eigenvalue weighted by molar-refractivity contribution is -0.142. The number of hydrogen-bond donors (Lipinski definition) is 1. The normalized spacial score (nSPS) is 11.6. The fourth-order valence-corrected chi connectivity index (χ4v) is 4.46. The number of halogens is 2. The van der Waals surface area contributed by atoms with Crippen LogP contribution in [0.5, 0.6) is 5.75 Å². The molecule has 2 amide bonds. The van der Waals surface area contributed by atoms with E-state index in [-0.39, 0.29) is 25.0 Å². The number of aryl methyl sites for hydroxylation is 2. The van der Waals surface area contributed by atoms with E-state index in [9.17, 15) is 9.59 Å². The molecule has 0 radical (unpaired) electrons. The van der Waals surface area contributed by atoms with Crippen molar-refractivity contribution in [2.45, 2.75) is 39.8 Å². The van der Waals surface area contributed by atoms with Crippen LogP contribution in [0.25, 0.3) is 0 Å². The zero-order valence-electron chi connectivity index (χ0n) is 20.4. The lowest BCUT2D eigenvalue weighted by atomic mass is 10.0. The molecule has 184 valence electrons. The maximum Gasteiger partial charge on any atom is 0.261 e. The zero-order valence-corrected chi connectivity index (χ0v) is 21.9. The maximum absolute atomic E-state index is 13.6. The molecule has 0 aromatic heterocycles. The molecule has 0 aliphatic heterocycles. The predicted octanol–water partition coefficient (Wildman–Crippen LogP) is 5.68. The number of rotatable bonds is 9. The molecule has 3 aromatic rings. The average molecular weight is 513 g/mol. The number of hydrogen-bond acceptors (Lipinski definition) is 3. The SMILES string of the molecule is CNC(=O)C(Cc1ccccc1)N(Cc1c(Cl)cccc1Cl)C(=O)COc1cc(C)cc(C)c1C. The first-order chi connectivity index (χ1) is 16.7. The second-order valence-corrected chi connectivity index (χ2v) is 9.35. The first-order valence-corrected chi connectivity index (χ1v) is 12.1. The molecule has 0 aliphatic carbocycles. The van der Waals surface area contributed by atoms with Gasteiger partial charge >= 0.3 is 0 Å². The molecule has 1 unspecified atom stereocenters. The summed E-state index contributed by atoms with van der Waals surface area (Å²) in [5.74, 6) is 0.0168. The van der Waals surface area contributed by atoms with Crippen molar-refractivity contribution in [2.24, 2.45) is 0 Å². The van der Waals surface area contributed by atoms with Crippen LogP contribution in [0.3, 0.4) is 0 Å². The van der Waals surface area contributed by atoms with Gasteiger partial charge in [0.25, 0.3) is 5.91 Å². The van der Waals surface area contributed by atoms with Gasteiger partial charge in [-0.3, -0.25) is 9.59 Å². The van der Waals surface area contributed by atoms with Crippen molar-refractivity contribution in [3.8, 4) is 5.75 Å². The first kappa shape index (κ1) is 26.6. The van der Waals surface area contributed by atoms with E-state index < -0.39 is 6.04 Å². The largest absolute Gasteiger partial charge is 0.483 e.